The van der Waals surface area contributed by atoms with Crippen LogP contribution in [-0.4, -0.2) is 64.8 Å². The molecule has 4 unspecified atom stereocenters. The second-order valence-electron chi connectivity index (χ2n) is 10.3. The lowest BCUT2D eigenvalue weighted by Gasteiger charge is -2.30. The van der Waals surface area contributed by atoms with Crippen molar-refractivity contribution in [1.29, 1.82) is 0 Å². The van der Waals surface area contributed by atoms with Crippen LogP contribution in [0.1, 0.15) is 51.3 Å². The van der Waals surface area contributed by atoms with E-state index < -0.39 is 12.8 Å². The number of fused-ring (bicyclic) bond motifs is 1. The van der Waals surface area contributed by atoms with E-state index in [1.165, 1.54) is 12.3 Å². The fourth-order valence-corrected chi connectivity index (χ4v) is 6.16. The molecule has 2 aliphatic carbocycles. The lowest BCUT2D eigenvalue weighted by atomic mass is 9.95. The molecule has 5 rings (SSSR count). The maximum Gasteiger partial charge on any atom is 0.387 e. The van der Waals surface area contributed by atoms with Gasteiger partial charge in [0.05, 0.1) is 18.9 Å². The average Bonchev–Trinajstić information content (AvgIpc) is 3.03. The summed E-state index contributed by atoms with van der Waals surface area (Å²) in [6.45, 7) is 5.49. The van der Waals surface area contributed by atoms with E-state index in [9.17, 15) is 13.2 Å². The summed E-state index contributed by atoms with van der Waals surface area (Å²) in [6, 6.07) is 4.01. The van der Waals surface area contributed by atoms with Gasteiger partial charge in [-0.3, -0.25) is 9.58 Å². The molecule has 0 bridgehead atoms. The van der Waals surface area contributed by atoms with Gasteiger partial charge in [-0.25, -0.2) is 9.37 Å². The van der Waals surface area contributed by atoms with Crippen LogP contribution in [0, 0.1) is 11.3 Å². The molecule has 1 saturated heterocycles. The third kappa shape index (κ3) is 4.15. The van der Waals surface area contributed by atoms with Crippen LogP contribution >= 0.6 is 0 Å². The predicted octanol–water partition coefficient (Wildman–Crippen LogP) is 4.26. The molecule has 2 N–H and O–H groups in total. The Kier molecular flexibility index (Phi) is 6.00. The molecule has 3 aliphatic rings. The van der Waals surface area contributed by atoms with Crippen LogP contribution in [0.3, 0.4) is 0 Å². The average molecular weight is 480 g/mol. The summed E-state index contributed by atoms with van der Waals surface area (Å²) in [5.74, 6) is 0.621. The molecule has 5 atom stereocenters. The van der Waals surface area contributed by atoms with Crippen LogP contribution in [0.15, 0.2) is 18.3 Å². The number of ether oxygens (including phenoxy) is 2. The zero-order valence-electron chi connectivity index (χ0n) is 19.8. The summed E-state index contributed by atoms with van der Waals surface area (Å²) < 4.78 is 51.5. The zero-order valence-corrected chi connectivity index (χ0v) is 19.8. The van der Waals surface area contributed by atoms with Gasteiger partial charge in [0.25, 0.3) is 0 Å². The Bertz CT molecular complexity index is 1050. The molecule has 186 valence electrons. The molecule has 0 spiro atoms. The van der Waals surface area contributed by atoms with Crippen molar-refractivity contribution < 1.29 is 22.6 Å². The summed E-state index contributed by atoms with van der Waals surface area (Å²) in [5, 5.41) is 4.80. The highest BCUT2D eigenvalue weighted by atomic mass is 19.3. The highest BCUT2D eigenvalue weighted by Gasteiger charge is 2.67. The first-order valence-electron chi connectivity index (χ1n) is 11.9. The molecule has 0 radical (unpaired) electrons. The first kappa shape index (κ1) is 23.4. The molecular formula is C24H32F3N5O2. The zero-order chi connectivity index (χ0) is 24.2. The van der Waals surface area contributed by atoms with Gasteiger partial charge in [0.15, 0.2) is 11.6 Å². The smallest absolute Gasteiger partial charge is 0.387 e. The quantitative estimate of drug-likeness (QED) is 0.667. The van der Waals surface area contributed by atoms with Crippen LogP contribution in [0.2, 0.25) is 0 Å². The normalized spacial score (nSPS) is 31.6. The maximum atomic E-state index is 14.1. The van der Waals surface area contributed by atoms with Crippen LogP contribution in [0.5, 0.6) is 5.75 Å². The Morgan fingerprint density at radius 2 is 2.09 bits per heavy atom. The number of nitrogens with two attached hydrogens (primary N) is 1. The van der Waals surface area contributed by atoms with Crippen molar-refractivity contribution in [3.05, 3.63) is 24.0 Å². The summed E-state index contributed by atoms with van der Waals surface area (Å²) in [5.41, 5.74) is 8.22. The lowest BCUT2D eigenvalue weighted by Crippen LogP contribution is -2.39. The number of aromatic nitrogens is 3. The molecule has 34 heavy (non-hydrogen) atoms. The van der Waals surface area contributed by atoms with E-state index in [0.717, 1.165) is 25.1 Å². The van der Waals surface area contributed by atoms with Crippen molar-refractivity contribution in [2.75, 3.05) is 32.0 Å². The second kappa shape index (κ2) is 8.71. The molecule has 2 aromatic heterocycles. The molecule has 2 aromatic rings. The van der Waals surface area contributed by atoms with Gasteiger partial charge < -0.3 is 15.2 Å². The van der Waals surface area contributed by atoms with Crippen molar-refractivity contribution in [2.45, 2.75) is 64.4 Å². The molecule has 7 nitrogen and oxygen atoms in total. The number of alkyl halides is 3. The monoisotopic (exact) mass is 479 g/mol. The Labute approximate surface area is 197 Å². The highest BCUT2D eigenvalue weighted by molar-refractivity contribution is 5.64. The third-order valence-electron chi connectivity index (χ3n) is 7.79. The van der Waals surface area contributed by atoms with E-state index in [0.29, 0.717) is 42.3 Å². The third-order valence-corrected chi connectivity index (χ3v) is 7.79. The Morgan fingerprint density at radius 3 is 2.76 bits per heavy atom. The van der Waals surface area contributed by atoms with Crippen molar-refractivity contribution in [1.82, 2.24) is 19.7 Å². The first-order valence-corrected chi connectivity index (χ1v) is 11.9. The van der Waals surface area contributed by atoms with E-state index in [4.69, 9.17) is 15.6 Å². The fourth-order valence-electron chi connectivity index (χ4n) is 6.16. The van der Waals surface area contributed by atoms with Crippen molar-refractivity contribution >= 4 is 5.82 Å². The molecule has 3 fully saturated rings. The minimum absolute atomic E-state index is 0.0859. The molecule has 0 amide bonds. The summed E-state index contributed by atoms with van der Waals surface area (Å²) >= 11 is 0. The fraction of sp³-hybridized carbons (Fsp3) is 0.667. The number of pyridine rings is 1. The molecule has 0 aromatic carbocycles. The summed E-state index contributed by atoms with van der Waals surface area (Å²) in [7, 11) is 0. The van der Waals surface area contributed by atoms with Crippen LogP contribution in [-0.2, 0) is 4.74 Å². The van der Waals surface area contributed by atoms with Crippen molar-refractivity contribution in [3.63, 3.8) is 0 Å². The van der Waals surface area contributed by atoms with Gasteiger partial charge >= 0.3 is 6.61 Å². The van der Waals surface area contributed by atoms with Crippen molar-refractivity contribution in [2.24, 2.45) is 11.3 Å². The maximum absolute atomic E-state index is 14.1. The van der Waals surface area contributed by atoms with Gasteiger partial charge in [0.2, 0.25) is 0 Å². The molecule has 3 heterocycles. The second-order valence-corrected chi connectivity index (χ2v) is 10.3. The van der Waals surface area contributed by atoms with Gasteiger partial charge in [-0.1, -0.05) is 6.92 Å². The van der Waals surface area contributed by atoms with Gasteiger partial charge in [0.1, 0.15) is 6.17 Å². The van der Waals surface area contributed by atoms with Crippen LogP contribution < -0.4 is 10.5 Å². The number of hydrogen-bond acceptors (Lipinski definition) is 6. The van der Waals surface area contributed by atoms with Gasteiger partial charge in [-0.05, 0) is 50.2 Å². The van der Waals surface area contributed by atoms with E-state index in [2.05, 4.69) is 35.4 Å². The minimum atomic E-state index is -2.98. The molecular weight excluding hydrogens is 447 g/mol. The van der Waals surface area contributed by atoms with Crippen molar-refractivity contribution in [3.8, 4) is 17.0 Å². The Hall–Kier alpha value is -2.33. The largest absolute Gasteiger partial charge is 0.431 e. The molecule has 2 saturated carbocycles. The van der Waals surface area contributed by atoms with E-state index in [1.54, 1.807) is 0 Å². The Balaban J connectivity index is 1.38. The highest BCUT2D eigenvalue weighted by Crippen LogP contribution is 2.73. The standard InChI is InChI=1S/C24H32F3N5O2/c1-13(2)32-19(8-18(30-32)14-6-20(34-23(26)27)22(28)29-10-14)21-17-7-16(9-24(17,21)3)31-4-5-33-12-15(25)11-31/h6,8,10,13,15-17,21,23H,4-5,7,9,11-12H2,1-3H3,(H2,28,29)/t15?,16?,17-,21?,24?/m0/s1. The minimum Gasteiger partial charge on any atom is -0.431 e. The van der Waals surface area contributed by atoms with Crippen LogP contribution in [0.4, 0.5) is 19.0 Å². The number of anilines is 1. The number of hydrogen-bond donors (Lipinski definition) is 1. The summed E-state index contributed by atoms with van der Waals surface area (Å²) in [4.78, 5) is 6.29. The van der Waals surface area contributed by atoms with Crippen LogP contribution in [0.25, 0.3) is 11.3 Å². The summed E-state index contributed by atoms with van der Waals surface area (Å²) in [6.07, 6.45) is 2.65. The molecule has 10 heteroatoms. The van der Waals surface area contributed by atoms with Gasteiger partial charge in [-0.2, -0.15) is 13.9 Å². The first-order chi connectivity index (χ1) is 16.2. The Morgan fingerprint density at radius 1 is 1.29 bits per heavy atom. The number of nitrogens with zero attached hydrogens (tertiary/aromatic N) is 4. The van der Waals surface area contributed by atoms with Gasteiger partial charge in [-0.15, -0.1) is 0 Å². The number of halogens is 3. The lowest BCUT2D eigenvalue weighted by molar-refractivity contribution is -0.0494. The van der Waals surface area contributed by atoms with E-state index >= 15 is 0 Å². The number of rotatable bonds is 6. The predicted molar refractivity (Wildman–Crippen MR) is 122 cm³/mol. The SMILES string of the molecule is CC(C)n1nc(-c2cnc(N)c(OC(F)F)c2)cc1C1[C@@H]2CC(N3CCOCC(F)C3)CC12C. The molecule has 1 aliphatic heterocycles. The van der Waals surface area contributed by atoms with Gasteiger partial charge in [0, 0.05) is 48.5 Å². The van der Waals surface area contributed by atoms with E-state index in [-0.39, 0.29) is 29.6 Å². The number of nitrogen functional groups attached to an aromatic ring is 1. The topological polar surface area (TPSA) is 78.4 Å². The van der Waals surface area contributed by atoms with E-state index in [1.807, 2.05) is 10.7 Å².